The summed E-state index contributed by atoms with van der Waals surface area (Å²) in [5.74, 6) is 0.692. The average Bonchev–Trinajstić information content (AvgIpc) is 2.40. The van der Waals surface area contributed by atoms with Gasteiger partial charge < -0.3 is 10.6 Å². The standard InChI is InChI=1S/C14H19FN2OS/c1-2-3-7-16-14(18)17-12-6-8-19-13-5-4-10(15)9-11(12)13/h4-5,9,12H,2-3,6-8H2,1H3,(H2,16,17,18). The van der Waals surface area contributed by atoms with Crippen LogP contribution in [0.5, 0.6) is 0 Å². The van der Waals surface area contributed by atoms with Gasteiger partial charge in [0, 0.05) is 17.2 Å². The summed E-state index contributed by atoms with van der Waals surface area (Å²) in [4.78, 5) is 12.8. The minimum atomic E-state index is -0.251. The van der Waals surface area contributed by atoms with Gasteiger partial charge in [0.1, 0.15) is 5.82 Å². The Bertz CT molecular complexity index is 453. The lowest BCUT2D eigenvalue weighted by Crippen LogP contribution is -2.39. The van der Waals surface area contributed by atoms with E-state index in [0.29, 0.717) is 6.54 Å². The Kier molecular flexibility index (Phi) is 5.07. The molecular weight excluding hydrogens is 263 g/mol. The fourth-order valence-electron chi connectivity index (χ4n) is 2.10. The highest BCUT2D eigenvalue weighted by Gasteiger charge is 2.22. The smallest absolute Gasteiger partial charge is 0.315 e. The van der Waals surface area contributed by atoms with E-state index in [4.69, 9.17) is 0 Å². The number of hydrogen-bond donors (Lipinski definition) is 2. The fraction of sp³-hybridized carbons (Fsp3) is 0.500. The molecule has 0 bridgehead atoms. The van der Waals surface area contributed by atoms with Gasteiger partial charge in [-0.25, -0.2) is 9.18 Å². The molecule has 2 N–H and O–H groups in total. The molecule has 1 aromatic rings. The molecule has 1 aromatic carbocycles. The van der Waals surface area contributed by atoms with Crippen LogP contribution in [0.2, 0.25) is 0 Å². The number of benzene rings is 1. The monoisotopic (exact) mass is 282 g/mol. The second-order valence-electron chi connectivity index (χ2n) is 4.63. The molecule has 1 aliphatic heterocycles. The number of carbonyl (C=O) groups excluding carboxylic acids is 1. The third-order valence-electron chi connectivity index (χ3n) is 3.13. The quantitative estimate of drug-likeness (QED) is 0.830. The minimum absolute atomic E-state index is 0.0893. The highest BCUT2D eigenvalue weighted by molar-refractivity contribution is 7.99. The molecule has 19 heavy (non-hydrogen) atoms. The maximum Gasteiger partial charge on any atom is 0.315 e. The van der Waals surface area contributed by atoms with Crippen molar-refractivity contribution in [2.45, 2.75) is 37.1 Å². The first-order valence-electron chi connectivity index (χ1n) is 6.67. The van der Waals surface area contributed by atoms with Gasteiger partial charge in [0.25, 0.3) is 0 Å². The molecule has 2 rings (SSSR count). The molecule has 2 amide bonds. The number of amides is 2. The molecule has 0 spiro atoms. The van der Waals surface area contributed by atoms with Crippen LogP contribution in [0.15, 0.2) is 23.1 Å². The molecule has 1 aliphatic rings. The highest BCUT2D eigenvalue weighted by Crippen LogP contribution is 2.36. The van der Waals surface area contributed by atoms with Crippen LogP contribution in [0.25, 0.3) is 0 Å². The largest absolute Gasteiger partial charge is 0.338 e. The van der Waals surface area contributed by atoms with Crippen LogP contribution < -0.4 is 10.6 Å². The summed E-state index contributed by atoms with van der Waals surface area (Å²) in [6.07, 6.45) is 2.86. The number of carbonyl (C=O) groups is 1. The number of fused-ring (bicyclic) bond motifs is 1. The molecular formula is C14H19FN2OS. The number of hydrogen-bond acceptors (Lipinski definition) is 2. The Balaban J connectivity index is 1.99. The summed E-state index contributed by atoms with van der Waals surface area (Å²) in [5.41, 5.74) is 0.891. The van der Waals surface area contributed by atoms with E-state index in [-0.39, 0.29) is 17.9 Å². The van der Waals surface area contributed by atoms with Crippen LogP contribution >= 0.6 is 11.8 Å². The Labute approximate surface area is 117 Å². The summed E-state index contributed by atoms with van der Waals surface area (Å²) >= 11 is 1.71. The predicted molar refractivity (Wildman–Crippen MR) is 75.9 cm³/mol. The lowest BCUT2D eigenvalue weighted by molar-refractivity contribution is 0.236. The lowest BCUT2D eigenvalue weighted by atomic mass is 10.0. The van der Waals surface area contributed by atoms with Gasteiger partial charge in [-0.1, -0.05) is 13.3 Å². The SMILES string of the molecule is CCCCNC(=O)NC1CCSc2ccc(F)cc21. The van der Waals surface area contributed by atoms with Gasteiger partial charge in [-0.15, -0.1) is 11.8 Å². The Morgan fingerprint density at radius 2 is 2.37 bits per heavy atom. The van der Waals surface area contributed by atoms with Crippen molar-refractivity contribution in [1.82, 2.24) is 10.6 Å². The van der Waals surface area contributed by atoms with Crippen LogP contribution in [0.1, 0.15) is 37.8 Å². The summed E-state index contributed by atoms with van der Waals surface area (Å²) in [7, 11) is 0. The van der Waals surface area contributed by atoms with E-state index < -0.39 is 0 Å². The Morgan fingerprint density at radius 1 is 1.53 bits per heavy atom. The summed E-state index contributed by atoms with van der Waals surface area (Å²) in [5, 5.41) is 5.76. The normalized spacial score (nSPS) is 17.7. The van der Waals surface area contributed by atoms with Crippen molar-refractivity contribution in [1.29, 1.82) is 0 Å². The summed E-state index contributed by atoms with van der Waals surface area (Å²) in [6, 6.07) is 4.53. The lowest BCUT2D eigenvalue weighted by Gasteiger charge is -2.26. The van der Waals surface area contributed by atoms with Crippen molar-refractivity contribution in [2.75, 3.05) is 12.3 Å². The van der Waals surface area contributed by atoms with Gasteiger partial charge in [-0.2, -0.15) is 0 Å². The van der Waals surface area contributed by atoms with Crippen molar-refractivity contribution < 1.29 is 9.18 Å². The van der Waals surface area contributed by atoms with Gasteiger partial charge >= 0.3 is 6.03 Å². The number of rotatable bonds is 4. The van der Waals surface area contributed by atoms with E-state index in [9.17, 15) is 9.18 Å². The molecule has 5 heteroatoms. The van der Waals surface area contributed by atoms with E-state index in [1.165, 1.54) is 12.1 Å². The highest BCUT2D eigenvalue weighted by atomic mass is 32.2. The molecule has 104 valence electrons. The first kappa shape index (κ1) is 14.2. The van der Waals surface area contributed by atoms with Gasteiger partial charge in [-0.3, -0.25) is 0 Å². The molecule has 1 unspecified atom stereocenters. The average molecular weight is 282 g/mol. The second kappa shape index (κ2) is 6.80. The van der Waals surface area contributed by atoms with Crippen molar-refractivity contribution in [3.8, 4) is 0 Å². The number of urea groups is 1. The molecule has 0 saturated heterocycles. The molecule has 1 atom stereocenters. The molecule has 0 aliphatic carbocycles. The van der Waals surface area contributed by atoms with E-state index in [1.54, 1.807) is 17.8 Å². The van der Waals surface area contributed by atoms with Crippen LogP contribution in [-0.4, -0.2) is 18.3 Å². The minimum Gasteiger partial charge on any atom is -0.338 e. The number of nitrogens with one attached hydrogen (secondary N) is 2. The van der Waals surface area contributed by atoms with Gasteiger partial charge in [0.05, 0.1) is 6.04 Å². The molecule has 1 heterocycles. The van der Waals surface area contributed by atoms with Gasteiger partial charge in [0.2, 0.25) is 0 Å². The van der Waals surface area contributed by atoms with E-state index in [2.05, 4.69) is 17.6 Å². The zero-order valence-corrected chi connectivity index (χ0v) is 11.9. The predicted octanol–water partition coefficient (Wildman–Crippen LogP) is 3.46. The molecule has 0 aromatic heterocycles. The Morgan fingerprint density at radius 3 is 3.16 bits per heavy atom. The van der Waals surface area contributed by atoms with E-state index >= 15 is 0 Å². The number of thioether (sulfide) groups is 1. The molecule has 0 radical (unpaired) electrons. The van der Waals surface area contributed by atoms with Gasteiger partial charge in [0.15, 0.2) is 0 Å². The topological polar surface area (TPSA) is 41.1 Å². The van der Waals surface area contributed by atoms with Crippen molar-refractivity contribution in [3.05, 3.63) is 29.6 Å². The van der Waals surface area contributed by atoms with Crippen LogP contribution in [0.3, 0.4) is 0 Å². The van der Waals surface area contributed by atoms with Crippen LogP contribution in [-0.2, 0) is 0 Å². The van der Waals surface area contributed by atoms with Crippen molar-refractivity contribution >= 4 is 17.8 Å². The van der Waals surface area contributed by atoms with Crippen LogP contribution in [0.4, 0.5) is 9.18 Å². The molecule has 0 saturated carbocycles. The molecule has 3 nitrogen and oxygen atoms in total. The van der Waals surface area contributed by atoms with E-state index in [1.807, 2.05) is 0 Å². The third kappa shape index (κ3) is 3.86. The van der Waals surface area contributed by atoms with E-state index in [0.717, 1.165) is 35.5 Å². The van der Waals surface area contributed by atoms with Crippen molar-refractivity contribution in [3.63, 3.8) is 0 Å². The second-order valence-corrected chi connectivity index (χ2v) is 5.76. The fourth-order valence-corrected chi connectivity index (χ4v) is 3.21. The summed E-state index contributed by atoms with van der Waals surface area (Å²) in [6.45, 7) is 2.76. The van der Waals surface area contributed by atoms with Crippen LogP contribution in [0, 0.1) is 5.82 Å². The summed E-state index contributed by atoms with van der Waals surface area (Å²) < 4.78 is 13.3. The van der Waals surface area contributed by atoms with Gasteiger partial charge in [-0.05, 0) is 36.6 Å². The number of halogens is 1. The maximum atomic E-state index is 13.3. The first-order chi connectivity index (χ1) is 9.20. The zero-order valence-electron chi connectivity index (χ0n) is 11.0. The number of unbranched alkanes of at least 4 members (excludes halogenated alkanes) is 1. The third-order valence-corrected chi connectivity index (χ3v) is 4.26. The zero-order chi connectivity index (χ0) is 13.7. The molecule has 0 fully saturated rings. The first-order valence-corrected chi connectivity index (χ1v) is 7.66. The Hall–Kier alpha value is -1.23. The van der Waals surface area contributed by atoms with Crippen molar-refractivity contribution in [2.24, 2.45) is 0 Å². The maximum absolute atomic E-state index is 13.3.